The van der Waals surface area contributed by atoms with Crippen LogP contribution in [0.5, 0.6) is 5.75 Å². The Balaban J connectivity index is 1.93. The Morgan fingerprint density at radius 2 is 2.30 bits per heavy atom. The molecule has 1 aliphatic rings. The minimum atomic E-state index is -2.87. The monoisotopic (exact) mass is 295 g/mol. The lowest BCUT2D eigenvalue weighted by molar-refractivity contribution is 0.415. The van der Waals surface area contributed by atoms with E-state index in [-0.39, 0.29) is 17.4 Å². The normalized spacial score (nSPS) is 21.4. The summed E-state index contributed by atoms with van der Waals surface area (Å²) in [5.74, 6) is 1.77. The van der Waals surface area contributed by atoms with E-state index in [2.05, 4.69) is 4.98 Å². The minimum absolute atomic E-state index is 0.113. The Hall–Kier alpha value is -1.76. The Morgan fingerprint density at radius 3 is 2.95 bits per heavy atom. The van der Waals surface area contributed by atoms with Crippen molar-refractivity contribution in [3.8, 4) is 5.75 Å². The highest BCUT2D eigenvalue weighted by Crippen LogP contribution is 2.26. The molecule has 3 rings (SSSR count). The molecule has 0 aliphatic carbocycles. The fourth-order valence-electron chi connectivity index (χ4n) is 2.72. The number of hydrogen-bond donors (Lipinski definition) is 1. The second-order valence-electron chi connectivity index (χ2n) is 5.20. The molecule has 1 aromatic heterocycles. The summed E-state index contributed by atoms with van der Waals surface area (Å²) in [5.41, 5.74) is 7.63. The van der Waals surface area contributed by atoms with Crippen molar-refractivity contribution in [3.05, 3.63) is 18.2 Å². The van der Waals surface area contributed by atoms with E-state index in [4.69, 9.17) is 10.5 Å². The number of nitrogens with two attached hydrogens (primary N) is 1. The number of hydrogen-bond acceptors (Lipinski definition) is 5. The summed E-state index contributed by atoms with van der Waals surface area (Å²) in [6.07, 6.45) is 0.692. The van der Waals surface area contributed by atoms with Crippen molar-refractivity contribution < 1.29 is 13.2 Å². The number of imidazole rings is 1. The van der Waals surface area contributed by atoms with Crippen LogP contribution in [-0.4, -0.2) is 36.6 Å². The zero-order chi connectivity index (χ0) is 14.3. The van der Waals surface area contributed by atoms with Gasteiger partial charge in [0.05, 0.1) is 29.6 Å². The van der Waals surface area contributed by atoms with Crippen molar-refractivity contribution in [2.24, 2.45) is 5.92 Å². The van der Waals surface area contributed by atoms with Crippen LogP contribution in [0.1, 0.15) is 6.42 Å². The van der Waals surface area contributed by atoms with Crippen molar-refractivity contribution in [1.82, 2.24) is 9.55 Å². The molecule has 2 N–H and O–H groups in total. The first-order valence-corrected chi connectivity index (χ1v) is 8.31. The van der Waals surface area contributed by atoms with Crippen LogP contribution in [0.4, 0.5) is 5.95 Å². The molecule has 7 heteroatoms. The molecule has 1 atom stereocenters. The van der Waals surface area contributed by atoms with Gasteiger partial charge in [-0.2, -0.15) is 0 Å². The van der Waals surface area contributed by atoms with E-state index >= 15 is 0 Å². The zero-order valence-electron chi connectivity index (χ0n) is 11.2. The van der Waals surface area contributed by atoms with Gasteiger partial charge in [0.2, 0.25) is 5.95 Å². The van der Waals surface area contributed by atoms with Gasteiger partial charge in [-0.3, -0.25) is 0 Å². The van der Waals surface area contributed by atoms with E-state index in [1.807, 2.05) is 22.8 Å². The SMILES string of the molecule is COc1ccc2c(c1)nc(N)n2CC1CCS(=O)(=O)C1. The molecular formula is C13H17N3O3S. The molecule has 0 amide bonds. The van der Waals surface area contributed by atoms with Crippen LogP contribution in [0.25, 0.3) is 11.0 Å². The molecule has 6 nitrogen and oxygen atoms in total. The topological polar surface area (TPSA) is 87.2 Å². The molecule has 1 fully saturated rings. The maximum atomic E-state index is 11.5. The minimum Gasteiger partial charge on any atom is -0.497 e. The van der Waals surface area contributed by atoms with Crippen molar-refractivity contribution >= 4 is 26.8 Å². The van der Waals surface area contributed by atoms with Gasteiger partial charge >= 0.3 is 0 Å². The van der Waals surface area contributed by atoms with Crippen LogP contribution in [-0.2, 0) is 16.4 Å². The van der Waals surface area contributed by atoms with Crippen molar-refractivity contribution in [1.29, 1.82) is 0 Å². The summed E-state index contributed by atoms with van der Waals surface area (Å²) in [5, 5.41) is 0. The van der Waals surface area contributed by atoms with E-state index in [1.54, 1.807) is 7.11 Å². The number of sulfone groups is 1. The first-order chi connectivity index (χ1) is 9.48. The van der Waals surface area contributed by atoms with Gasteiger partial charge in [-0.15, -0.1) is 0 Å². The van der Waals surface area contributed by atoms with Gasteiger partial charge in [0, 0.05) is 12.6 Å². The third kappa shape index (κ3) is 2.33. The van der Waals surface area contributed by atoms with Crippen LogP contribution in [0.15, 0.2) is 18.2 Å². The first-order valence-electron chi connectivity index (χ1n) is 6.49. The fourth-order valence-corrected chi connectivity index (χ4v) is 4.57. The quantitative estimate of drug-likeness (QED) is 0.915. The molecular weight excluding hydrogens is 278 g/mol. The molecule has 2 aromatic rings. The Bertz CT molecular complexity index is 752. The number of aromatic nitrogens is 2. The van der Waals surface area contributed by atoms with Gasteiger partial charge in [-0.1, -0.05) is 0 Å². The zero-order valence-corrected chi connectivity index (χ0v) is 12.1. The first kappa shape index (κ1) is 13.2. The average molecular weight is 295 g/mol. The Labute approximate surface area is 117 Å². The lowest BCUT2D eigenvalue weighted by Crippen LogP contribution is -2.14. The number of nitrogens with zero attached hydrogens (tertiary/aromatic N) is 2. The summed E-state index contributed by atoms with van der Waals surface area (Å²) >= 11 is 0. The summed E-state index contributed by atoms with van der Waals surface area (Å²) in [7, 11) is -1.27. The predicted molar refractivity (Wildman–Crippen MR) is 77.5 cm³/mol. The van der Waals surface area contributed by atoms with Gasteiger partial charge < -0.3 is 15.0 Å². The number of methoxy groups -OCH3 is 1. The standard InChI is InChI=1S/C13H17N3O3S/c1-19-10-2-3-12-11(6-10)15-13(14)16(12)7-9-4-5-20(17,18)8-9/h2-3,6,9H,4-5,7-8H2,1H3,(H2,14,15). The summed E-state index contributed by atoms with van der Waals surface area (Å²) in [6, 6.07) is 5.58. The smallest absolute Gasteiger partial charge is 0.201 e. The van der Waals surface area contributed by atoms with E-state index in [0.29, 0.717) is 18.9 Å². The molecule has 2 heterocycles. The number of rotatable bonds is 3. The van der Waals surface area contributed by atoms with E-state index in [1.165, 1.54) is 0 Å². The highest BCUT2D eigenvalue weighted by atomic mass is 32.2. The number of fused-ring (bicyclic) bond motifs is 1. The van der Waals surface area contributed by atoms with Crippen molar-refractivity contribution in [3.63, 3.8) is 0 Å². The lowest BCUT2D eigenvalue weighted by Gasteiger charge is -2.11. The van der Waals surface area contributed by atoms with E-state index < -0.39 is 9.84 Å². The Kier molecular flexibility index (Phi) is 3.08. The maximum absolute atomic E-state index is 11.5. The van der Waals surface area contributed by atoms with Crippen LogP contribution in [0, 0.1) is 5.92 Å². The van der Waals surface area contributed by atoms with E-state index in [0.717, 1.165) is 16.8 Å². The highest BCUT2D eigenvalue weighted by molar-refractivity contribution is 7.91. The largest absolute Gasteiger partial charge is 0.497 e. The number of ether oxygens (including phenoxy) is 1. The van der Waals surface area contributed by atoms with Gasteiger partial charge in [-0.05, 0) is 24.5 Å². The maximum Gasteiger partial charge on any atom is 0.201 e. The van der Waals surface area contributed by atoms with Crippen LogP contribution in [0.3, 0.4) is 0 Å². The van der Waals surface area contributed by atoms with E-state index in [9.17, 15) is 8.42 Å². The highest BCUT2D eigenvalue weighted by Gasteiger charge is 2.28. The third-order valence-corrected chi connectivity index (χ3v) is 5.59. The molecule has 0 saturated carbocycles. The van der Waals surface area contributed by atoms with Gasteiger partial charge in [0.15, 0.2) is 9.84 Å². The molecule has 108 valence electrons. The molecule has 0 spiro atoms. The molecule has 1 aliphatic heterocycles. The summed E-state index contributed by atoms with van der Waals surface area (Å²) < 4.78 is 30.1. The van der Waals surface area contributed by atoms with Crippen molar-refractivity contribution in [2.45, 2.75) is 13.0 Å². The number of anilines is 1. The van der Waals surface area contributed by atoms with Gasteiger partial charge in [0.25, 0.3) is 0 Å². The van der Waals surface area contributed by atoms with Gasteiger partial charge in [0.1, 0.15) is 5.75 Å². The summed E-state index contributed by atoms with van der Waals surface area (Å²) in [4.78, 5) is 4.31. The summed E-state index contributed by atoms with van der Waals surface area (Å²) in [6.45, 7) is 0.591. The number of nitrogen functional groups attached to an aromatic ring is 1. The van der Waals surface area contributed by atoms with Crippen LogP contribution >= 0.6 is 0 Å². The molecule has 0 bridgehead atoms. The van der Waals surface area contributed by atoms with Crippen LogP contribution < -0.4 is 10.5 Å². The second kappa shape index (κ2) is 4.66. The molecule has 20 heavy (non-hydrogen) atoms. The van der Waals surface area contributed by atoms with Crippen LogP contribution in [0.2, 0.25) is 0 Å². The molecule has 1 saturated heterocycles. The fraction of sp³-hybridized carbons (Fsp3) is 0.462. The molecule has 0 radical (unpaired) electrons. The Morgan fingerprint density at radius 1 is 1.50 bits per heavy atom. The third-order valence-electron chi connectivity index (χ3n) is 3.75. The molecule has 1 aromatic carbocycles. The van der Waals surface area contributed by atoms with Gasteiger partial charge in [-0.25, -0.2) is 13.4 Å². The average Bonchev–Trinajstić information content (AvgIpc) is 2.90. The van der Waals surface area contributed by atoms with Crippen molar-refractivity contribution in [2.75, 3.05) is 24.3 Å². The lowest BCUT2D eigenvalue weighted by atomic mass is 10.1. The second-order valence-corrected chi connectivity index (χ2v) is 7.43. The molecule has 1 unspecified atom stereocenters. The predicted octanol–water partition coefficient (Wildman–Crippen LogP) is 1.06. The number of benzene rings is 1.